The van der Waals surface area contributed by atoms with Crippen LogP contribution in [0.5, 0.6) is 0 Å². The Kier molecular flexibility index (Phi) is 10.2. The van der Waals surface area contributed by atoms with Gasteiger partial charge in [0, 0.05) is 24.3 Å². The van der Waals surface area contributed by atoms with Gasteiger partial charge in [0.05, 0.1) is 30.2 Å². The largest absolute Gasteiger partial charge is 0.462 e. The highest BCUT2D eigenvalue weighted by molar-refractivity contribution is 5.90. The van der Waals surface area contributed by atoms with Crippen LogP contribution < -0.4 is 5.32 Å². The van der Waals surface area contributed by atoms with E-state index >= 15 is 0 Å². The number of ether oxygens (including phenoxy) is 2. The summed E-state index contributed by atoms with van der Waals surface area (Å²) in [7, 11) is 0. The summed E-state index contributed by atoms with van der Waals surface area (Å²) in [4.78, 5) is 31.7. The molecule has 1 aliphatic heterocycles. The molecule has 250 valence electrons. The normalized spacial score (nSPS) is 16.0. The lowest BCUT2D eigenvalue weighted by Crippen LogP contribution is -2.38. The number of benzene rings is 2. The minimum atomic E-state index is -0.363. The lowest BCUT2D eigenvalue weighted by molar-refractivity contribution is 0.0525. The lowest BCUT2D eigenvalue weighted by Gasteiger charge is -2.32. The molecule has 4 aromatic rings. The predicted octanol–water partition coefficient (Wildman–Crippen LogP) is 7.84. The Hall–Kier alpha value is -4.92. The molecule has 3 heterocycles. The number of amides is 1. The molecule has 1 unspecified atom stereocenters. The van der Waals surface area contributed by atoms with E-state index in [1.807, 2.05) is 25.1 Å². The summed E-state index contributed by atoms with van der Waals surface area (Å²) in [5, 5.41) is 8.40. The number of piperidine rings is 1. The molecule has 1 N–H and O–H groups in total. The fourth-order valence-corrected chi connectivity index (χ4v) is 7.23. The number of hydrogen-bond acceptors (Lipinski definition) is 7. The van der Waals surface area contributed by atoms with Gasteiger partial charge in [-0.3, -0.25) is 0 Å². The molecule has 0 spiro atoms. The number of nitrogens with one attached hydrogen (secondary N) is 1. The van der Waals surface area contributed by atoms with Crippen LogP contribution in [0.3, 0.4) is 0 Å². The lowest BCUT2D eigenvalue weighted by atomic mass is 9.85. The van der Waals surface area contributed by atoms with E-state index in [4.69, 9.17) is 14.5 Å². The van der Waals surface area contributed by atoms with E-state index in [9.17, 15) is 9.59 Å². The van der Waals surface area contributed by atoms with Crippen LogP contribution in [0.2, 0.25) is 0 Å². The smallest absolute Gasteiger partial charge is 0.410 e. The zero-order valence-corrected chi connectivity index (χ0v) is 28.2. The van der Waals surface area contributed by atoms with Gasteiger partial charge < -0.3 is 19.7 Å². The minimum absolute atomic E-state index is 0.147. The molecule has 1 amide bonds. The molecular formula is C39H45N5O4. The van der Waals surface area contributed by atoms with E-state index in [-0.39, 0.29) is 24.7 Å². The van der Waals surface area contributed by atoms with Gasteiger partial charge in [-0.1, -0.05) is 56.8 Å². The molecule has 6 rings (SSSR count). The Balaban J connectivity index is 1.22. The summed E-state index contributed by atoms with van der Waals surface area (Å²) in [6.07, 6.45) is 8.34. The summed E-state index contributed by atoms with van der Waals surface area (Å²) in [5.41, 5.74) is 9.69. The third-order valence-corrected chi connectivity index (χ3v) is 9.56. The van der Waals surface area contributed by atoms with Crippen LogP contribution in [0, 0.1) is 0 Å². The van der Waals surface area contributed by atoms with E-state index in [1.165, 1.54) is 22.3 Å². The van der Waals surface area contributed by atoms with Gasteiger partial charge in [0.2, 0.25) is 0 Å². The van der Waals surface area contributed by atoms with Crippen LogP contribution in [0.25, 0.3) is 17.1 Å². The van der Waals surface area contributed by atoms with Crippen molar-refractivity contribution in [1.82, 2.24) is 19.7 Å². The molecule has 0 radical (unpaired) electrons. The number of pyridine rings is 1. The van der Waals surface area contributed by atoms with Crippen molar-refractivity contribution in [2.45, 2.75) is 71.3 Å². The molecule has 9 heteroatoms. The first-order valence-electron chi connectivity index (χ1n) is 17.2. The second kappa shape index (κ2) is 14.9. The molecule has 2 aromatic heterocycles. The van der Waals surface area contributed by atoms with Crippen molar-refractivity contribution in [1.29, 1.82) is 0 Å². The number of anilines is 1. The number of nitrogens with zero attached hydrogens (tertiary/aromatic N) is 4. The van der Waals surface area contributed by atoms with Gasteiger partial charge in [-0.05, 0) is 97.9 Å². The number of likely N-dealkylation sites (tertiary alicyclic amines) is 1. The molecule has 1 saturated heterocycles. The molecule has 1 aliphatic carbocycles. The molecular weight excluding hydrogens is 602 g/mol. The molecule has 1 atom stereocenters. The van der Waals surface area contributed by atoms with Gasteiger partial charge in [0.15, 0.2) is 5.82 Å². The van der Waals surface area contributed by atoms with E-state index in [2.05, 4.69) is 60.3 Å². The Morgan fingerprint density at radius 2 is 1.81 bits per heavy atom. The molecule has 48 heavy (non-hydrogen) atoms. The number of fused-ring (bicyclic) bond motifs is 1. The number of esters is 1. The molecule has 0 bridgehead atoms. The first-order chi connectivity index (χ1) is 23.4. The SMILES string of the molecule is C=CCOC(=O)N1CCC(c2ccc(NC3CCc4cccc(-c5cccc(-n6ncc(C(=O)OCC)c6CC)n5)c43)cc2CC)CC1. The van der Waals surface area contributed by atoms with Crippen molar-refractivity contribution in [3.63, 3.8) is 0 Å². The molecule has 2 aromatic carbocycles. The highest BCUT2D eigenvalue weighted by atomic mass is 16.6. The minimum Gasteiger partial charge on any atom is -0.462 e. The Labute approximate surface area is 283 Å². The third kappa shape index (κ3) is 6.72. The van der Waals surface area contributed by atoms with Crippen LogP contribution in [-0.4, -0.2) is 58.0 Å². The quantitative estimate of drug-likeness (QED) is 0.131. The monoisotopic (exact) mass is 647 g/mol. The zero-order valence-electron chi connectivity index (χ0n) is 28.2. The van der Waals surface area contributed by atoms with Crippen molar-refractivity contribution < 1.29 is 19.1 Å². The average Bonchev–Trinajstić information content (AvgIpc) is 3.75. The molecule has 2 aliphatic rings. The summed E-state index contributed by atoms with van der Waals surface area (Å²) in [6, 6.07) is 19.4. The Bertz CT molecular complexity index is 1790. The fourth-order valence-electron chi connectivity index (χ4n) is 7.23. The summed E-state index contributed by atoms with van der Waals surface area (Å²) in [6.45, 7) is 11.6. The highest BCUT2D eigenvalue weighted by Crippen LogP contribution is 2.41. The van der Waals surface area contributed by atoms with Crippen molar-refractivity contribution in [2.24, 2.45) is 0 Å². The number of aryl methyl sites for hydroxylation is 2. The maximum atomic E-state index is 12.6. The molecule has 9 nitrogen and oxygen atoms in total. The number of hydrogen-bond donors (Lipinski definition) is 1. The average molecular weight is 648 g/mol. The van der Waals surface area contributed by atoms with Crippen LogP contribution >= 0.6 is 0 Å². The molecule has 1 fully saturated rings. The van der Waals surface area contributed by atoms with Gasteiger partial charge in [0.25, 0.3) is 0 Å². The van der Waals surface area contributed by atoms with Crippen molar-refractivity contribution >= 4 is 17.7 Å². The standard InChI is InChI=1S/C39H45N5O4/c1-5-23-48-39(46)43-21-19-27(20-22-43)30-17-16-29(24-26(30)6-2)41-34-18-15-28-11-9-12-31(37(28)34)33-13-10-14-36(42-33)44-35(7-3)32(25-40-44)38(45)47-8-4/h5,9-14,16-17,24-25,27,34,41H,1,6-8,15,18-23H2,2-4H3. The summed E-state index contributed by atoms with van der Waals surface area (Å²) < 4.78 is 12.3. The van der Waals surface area contributed by atoms with Crippen LogP contribution in [0.4, 0.5) is 10.5 Å². The van der Waals surface area contributed by atoms with Crippen LogP contribution in [0.1, 0.15) is 90.3 Å². The Morgan fingerprint density at radius 3 is 2.56 bits per heavy atom. The Morgan fingerprint density at radius 1 is 1.00 bits per heavy atom. The maximum absolute atomic E-state index is 12.6. The van der Waals surface area contributed by atoms with Crippen molar-refractivity contribution in [3.8, 4) is 17.1 Å². The topological polar surface area (TPSA) is 98.6 Å². The van der Waals surface area contributed by atoms with E-state index in [1.54, 1.807) is 28.8 Å². The van der Waals surface area contributed by atoms with Crippen molar-refractivity contribution in [2.75, 3.05) is 31.6 Å². The van der Waals surface area contributed by atoms with Crippen molar-refractivity contribution in [3.05, 3.63) is 107 Å². The second-order valence-electron chi connectivity index (χ2n) is 12.4. The molecule has 0 saturated carbocycles. The maximum Gasteiger partial charge on any atom is 0.410 e. The van der Waals surface area contributed by atoms with E-state index in [0.29, 0.717) is 43.4 Å². The fraction of sp³-hybridized carbons (Fsp3) is 0.385. The van der Waals surface area contributed by atoms with E-state index in [0.717, 1.165) is 54.7 Å². The summed E-state index contributed by atoms with van der Waals surface area (Å²) in [5.74, 6) is 0.728. The van der Waals surface area contributed by atoms with Crippen LogP contribution in [-0.2, 0) is 28.7 Å². The van der Waals surface area contributed by atoms with E-state index < -0.39 is 0 Å². The third-order valence-electron chi connectivity index (χ3n) is 9.56. The number of carbonyl (C=O) groups is 2. The zero-order chi connectivity index (χ0) is 33.6. The second-order valence-corrected chi connectivity index (χ2v) is 12.4. The van der Waals surface area contributed by atoms with Gasteiger partial charge in [-0.2, -0.15) is 5.10 Å². The van der Waals surface area contributed by atoms with Gasteiger partial charge in [-0.15, -0.1) is 0 Å². The first-order valence-corrected chi connectivity index (χ1v) is 17.2. The highest BCUT2D eigenvalue weighted by Gasteiger charge is 2.29. The number of rotatable bonds is 11. The number of aromatic nitrogens is 3. The summed E-state index contributed by atoms with van der Waals surface area (Å²) >= 11 is 0. The van der Waals surface area contributed by atoms with Gasteiger partial charge >= 0.3 is 12.1 Å². The predicted molar refractivity (Wildman–Crippen MR) is 188 cm³/mol. The van der Waals surface area contributed by atoms with Gasteiger partial charge in [-0.25, -0.2) is 19.3 Å². The van der Waals surface area contributed by atoms with Gasteiger partial charge in [0.1, 0.15) is 12.2 Å². The number of carbonyl (C=O) groups excluding carboxylic acids is 2. The first kappa shape index (κ1) is 33.0. The van der Waals surface area contributed by atoms with Crippen LogP contribution in [0.15, 0.2) is 73.4 Å².